The SMILES string of the molecule is Cc1ccc(CN(Cc2cccc(C(F)(F)F)c2)Cc2nc(C(=O)NCCN3CCOCC3)co2)c(C)c1. The molecule has 204 valence electrons. The summed E-state index contributed by atoms with van der Waals surface area (Å²) in [4.78, 5) is 21.1. The molecule has 7 nitrogen and oxygen atoms in total. The van der Waals surface area contributed by atoms with Crippen LogP contribution in [0.3, 0.4) is 0 Å². The molecule has 0 saturated carbocycles. The Balaban J connectivity index is 1.44. The number of halogens is 3. The topological polar surface area (TPSA) is 70.8 Å². The number of aromatic nitrogens is 1. The number of rotatable bonds is 10. The van der Waals surface area contributed by atoms with Crippen LogP contribution in [-0.2, 0) is 30.5 Å². The summed E-state index contributed by atoms with van der Waals surface area (Å²) >= 11 is 0. The van der Waals surface area contributed by atoms with Crippen molar-refractivity contribution in [3.63, 3.8) is 0 Å². The number of morpholine rings is 1. The number of oxazole rings is 1. The summed E-state index contributed by atoms with van der Waals surface area (Å²) in [5, 5.41) is 2.86. The van der Waals surface area contributed by atoms with Crippen LogP contribution >= 0.6 is 0 Å². The van der Waals surface area contributed by atoms with Crippen LogP contribution in [0.25, 0.3) is 0 Å². The molecule has 1 saturated heterocycles. The summed E-state index contributed by atoms with van der Waals surface area (Å²) in [5.74, 6) is -0.00728. The smallest absolute Gasteiger partial charge is 0.416 e. The van der Waals surface area contributed by atoms with E-state index in [0.29, 0.717) is 37.8 Å². The monoisotopic (exact) mass is 530 g/mol. The highest BCUT2D eigenvalue weighted by molar-refractivity contribution is 5.91. The van der Waals surface area contributed by atoms with Gasteiger partial charge >= 0.3 is 6.18 Å². The van der Waals surface area contributed by atoms with Crippen LogP contribution in [0.1, 0.15) is 44.2 Å². The molecule has 1 aliphatic heterocycles. The second-order valence-electron chi connectivity index (χ2n) is 9.61. The Hall–Kier alpha value is -3.21. The van der Waals surface area contributed by atoms with Crippen LogP contribution in [0, 0.1) is 13.8 Å². The van der Waals surface area contributed by atoms with Gasteiger partial charge in [0.15, 0.2) is 5.69 Å². The van der Waals surface area contributed by atoms with E-state index in [4.69, 9.17) is 9.15 Å². The van der Waals surface area contributed by atoms with Crippen molar-refractivity contribution in [2.75, 3.05) is 39.4 Å². The quantitative estimate of drug-likeness (QED) is 0.414. The van der Waals surface area contributed by atoms with Gasteiger partial charge in [-0.1, -0.05) is 42.0 Å². The highest BCUT2D eigenvalue weighted by Crippen LogP contribution is 2.30. The number of hydrogen-bond donors (Lipinski definition) is 1. The van der Waals surface area contributed by atoms with E-state index < -0.39 is 11.7 Å². The molecule has 0 radical (unpaired) electrons. The lowest BCUT2D eigenvalue weighted by molar-refractivity contribution is -0.137. The first kappa shape index (κ1) is 27.8. The molecule has 2 aromatic carbocycles. The maximum atomic E-state index is 13.3. The molecule has 0 bridgehead atoms. The van der Waals surface area contributed by atoms with Crippen molar-refractivity contribution < 1.29 is 27.1 Å². The molecule has 3 aromatic rings. The fourth-order valence-corrected chi connectivity index (χ4v) is 4.46. The molecular weight excluding hydrogens is 497 g/mol. The Kier molecular flexibility index (Phi) is 9.19. The zero-order chi connectivity index (χ0) is 27.1. The predicted octanol–water partition coefficient (Wildman–Crippen LogP) is 4.57. The summed E-state index contributed by atoms with van der Waals surface area (Å²) in [6.07, 6.45) is -3.10. The molecule has 0 aliphatic carbocycles. The van der Waals surface area contributed by atoms with Gasteiger partial charge in [0.1, 0.15) is 6.26 Å². The standard InChI is InChI=1S/C28H33F3N4O3/c1-20-6-7-23(21(2)14-20)17-35(16-22-4-3-5-24(15-22)28(29,30)31)18-26-33-25(19-38-26)27(36)32-8-9-34-10-12-37-13-11-34/h3-7,14-15,19H,8-13,16-18H2,1-2H3,(H,32,36). The summed E-state index contributed by atoms with van der Waals surface area (Å²) in [6.45, 7) is 9.25. The molecule has 2 heterocycles. The third kappa shape index (κ3) is 7.89. The summed E-state index contributed by atoms with van der Waals surface area (Å²) in [5.41, 5.74) is 3.29. The van der Waals surface area contributed by atoms with Crippen molar-refractivity contribution >= 4 is 5.91 Å². The number of benzene rings is 2. The third-order valence-electron chi connectivity index (χ3n) is 6.51. The number of nitrogens with one attached hydrogen (secondary N) is 1. The lowest BCUT2D eigenvalue weighted by Crippen LogP contribution is -2.41. The molecule has 1 aromatic heterocycles. The maximum Gasteiger partial charge on any atom is 0.416 e. The molecule has 0 unspecified atom stereocenters. The number of ether oxygens (including phenoxy) is 1. The minimum absolute atomic E-state index is 0.174. The van der Waals surface area contributed by atoms with Gasteiger partial charge in [-0.3, -0.25) is 14.6 Å². The van der Waals surface area contributed by atoms with Crippen LogP contribution in [0.2, 0.25) is 0 Å². The van der Waals surface area contributed by atoms with Crippen LogP contribution in [0.4, 0.5) is 13.2 Å². The molecular formula is C28H33F3N4O3. The first-order chi connectivity index (χ1) is 18.2. The number of amides is 1. The number of aryl methyl sites for hydroxylation is 2. The van der Waals surface area contributed by atoms with Gasteiger partial charge in [-0.25, -0.2) is 4.98 Å². The lowest BCUT2D eigenvalue weighted by Gasteiger charge is -2.26. The molecule has 1 amide bonds. The molecule has 0 atom stereocenters. The first-order valence-corrected chi connectivity index (χ1v) is 12.6. The highest BCUT2D eigenvalue weighted by atomic mass is 19.4. The van der Waals surface area contributed by atoms with E-state index in [9.17, 15) is 18.0 Å². The van der Waals surface area contributed by atoms with E-state index in [0.717, 1.165) is 48.5 Å². The van der Waals surface area contributed by atoms with Crippen LogP contribution in [0.15, 0.2) is 53.1 Å². The van der Waals surface area contributed by atoms with Gasteiger partial charge in [0.05, 0.1) is 25.3 Å². The van der Waals surface area contributed by atoms with Crippen molar-refractivity contribution in [3.8, 4) is 0 Å². The van der Waals surface area contributed by atoms with E-state index in [-0.39, 0.29) is 24.7 Å². The second kappa shape index (κ2) is 12.6. The molecule has 0 spiro atoms. The molecule has 10 heteroatoms. The minimum Gasteiger partial charge on any atom is -0.447 e. The van der Waals surface area contributed by atoms with E-state index in [2.05, 4.69) is 21.3 Å². The van der Waals surface area contributed by atoms with Crippen LogP contribution in [-0.4, -0.2) is 60.1 Å². The van der Waals surface area contributed by atoms with Gasteiger partial charge in [-0.05, 0) is 36.6 Å². The number of nitrogens with zero attached hydrogens (tertiary/aromatic N) is 3. The van der Waals surface area contributed by atoms with Crippen molar-refractivity contribution in [2.24, 2.45) is 0 Å². The number of carbonyl (C=O) groups excluding carboxylic acids is 1. The Morgan fingerprint density at radius 3 is 2.61 bits per heavy atom. The zero-order valence-corrected chi connectivity index (χ0v) is 21.7. The predicted molar refractivity (Wildman–Crippen MR) is 136 cm³/mol. The normalized spacial score (nSPS) is 14.7. The zero-order valence-electron chi connectivity index (χ0n) is 21.7. The Morgan fingerprint density at radius 2 is 1.87 bits per heavy atom. The highest BCUT2D eigenvalue weighted by Gasteiger charge is 2.30. The lowest BCUT2D eigenvalue weighted by atomic mass is 10.0. The average molecular weight is 531 g/mol. The van der Waals surface area contributed by atoms with Gasteiger partial charge in [0.2, 0.25) is 5.89 Å². The van der Waals surface area contributed by atoms with Gasteiger partial charge in [0, 0.05) is 39.3 Å². The Labute approximate surface area is 220 Å². The maximum absolute atomic E-state index is 13.3. The summed E-state index contributed by atoms with van der Waals surface area (Å²) in [6, 6.07) is 11.4. The molecule has 4 rings (SSSR count). The minimum atomic E-state index is -4.42. The van der Waals surface area contributed by atoms with E-state index in [1.165, 1.54) is 12.3 Å². The van der Waals surface area contributed by atoms with Crippen molar-refractivity contribution in [2.45, 2.75) is 39.7 Å². The second-order valence-corrected chi connectivity index (χ2v) is 9.61. The van der Waals surface area contributed by atoms with Crippen LogP contribution in [0.5, 0.6) is 0 Å². The fourth-order valence-electron chi connectivity index (χ4n) is 4.46. The Bertz CT molecular complexity index is 1220. The van der Waals surface area contributed by atoms with Crippen LogP contribution < -0.4 is 5.32 Å². The average Bonchev–Trinajstić information content (AvgIpc) is 3.34. The fraction of sp³-hybridized carbons (Fsp3) is 0.429. The van der Waals surface area contributed by atoms with Gasteiger partial charge in [0.25, 0.3) is 5.91 Å². The summed E-state index contributed by atoms with van der Waals surface area (Å²) < 4.78 is 50.8. The number of hydrogen-bond acceptors (Lipinski definition) is 6. The first-order valence-electron chi connectivity index (χ1n) is 12.6. The largest absolute Gasteiger partial charge is 0.447 e. The van der Waals surface area contributed by atoms with Gasteiger partial charge < -0.3 is 14.5 Å². The van der Waals surface area contributed by atoms with E-state index in [1.54, 1.807) is 6.07 Å². The third-order valence-corrected chi connectivity index (χ3v) is 6.51. The number of alkyl halides is 3. The van der Waals surface area contributed by atoms with Gasteiger partial charge in [-0.2, -0.15) is 13.2 Å². The van der Waals surface area contributed by atoms with E-state index >= 15 is 0 Å². The van der Waals surface area contributed by atoms with Crippen molar-refractivity contribution in [1.82, 2.24) is 20.1 Å². The van der Waals surface area contributed by atoms with Gasteiger partial charge in [-0.15, -0.1) is 0 Å². The summed E-state index contributed by atoms with van der Waals surface area (Å²) in [7, 11) is 0. The van der Waals surface area contributed by atoms with Crippen molar-refractivity contribution in [1.29, 1.82) is 0 Å². The van der Waals surface area contributed by atoms with Crippen molar-refractivity contribution in [3.05, 3.63) is 88.1 Å². The molecule has 38 heavy (non-hydrogen) atoms. The number of carbonyl (C=O) groups is 1. The molecule has 1 aliphatic rings. The molecule has 1 fully saturated rings. The molecule has 1 N–H and O–H groups in total. The Morgan fingerprint density at radius 1 is 1.08 bits per heavy atom. The van der Waals surface area contributed by atoms with E-state index in [1.807, 2.05) is 30.9 Å².